The van der Waals surface area contributed by atoms with Crippen molar-refractivity contribution in [3.05, 3.63) is 156 Å². The quantitative estimate of drug-likeness (QED) is 0.106. The number of rotatable bonds is 15. The highest BCUT2D eigenvalue weighted by Gasteiger charge is 2.39. The molecule has 0 aliphatic carbocycles. The van der Waals surface area contributed by atoms with Crippen molar-refractivity contribution >= 4 is 15.4 Å². The van der Waals surface area contributed by atoms with Crippen molar-refractivity contribution < 1.29 is 31.7 Å². The van der Waals surface area contributed by atoms with Crippen molar-refractivity contribution in [1.29, 1.82) is 0 Å². The van der Waals surface area contributed by atoms with E-state index in [1.807, 2.05) is 121 Å². The predicted octanol–water partition coefficient (Wildman–Crippen LogP) is 8.64. The molecule has 0 spiro atoms. The molecule has 0 saturated heterocycles. The highest BCUT2D eigenvalue weighted by molar-refractivity contribution is 7.59. The van der Waals surface area contributed by atoms with E-state index in [1.54, 1.807) is 0 Å². The number of hydrogen-bond donors (Lipinski definition) is 0. The molecule has 0 radical (unpaired) electrons. The van der Waals surface area contributed by atoms with Crippen molar-refractivity contribution in [3.63, 3.8) is 0 Å². The van der Waals surface area contributed by atoms with E-state index in [2.05, 4.69) is 6.58 Å². The molecule has 202 valence electrons. The Morgan fingerprint density at radius 1 is 0.487 bits per heavy atom. The molecule has 0 heterocycles. The maximum Gasteiger partial charge on any atom is 0.531 e. The van der Waals surface area contributed by atoms with Gasteiger partial charge in [-0.25, -0.2) is 4.57 Å². The molecule has 4 aromatic carbocycles. The summed E-state index contributed by atoms with van der Waals surface area (Å²) in [6, 6.07) is 36.6. The monoisotopic (exact) mass is 564 g/mol. The summed E-state index contributed by atoms with van der Waals surface area (Å²) in [6.07, 6.45) is 0. The fourth-order valence-corrected chi connectivity index (χ4v) is 6.13. The van der Waals surface area contributed by atoms with E-state index in [4.69, 9.17) is 22.6 Å². The molecule has 0 N–H and O–H groups in total. The van der Waals surface area contributed by atoms with E-state index in [0.29, 0.717) is 0 Å². The van der Waals surface area contributed by atoms with Gasteiger partial charge in [0.1, 0.15) is 0 Å². The summed E-state index contributed by atoms with van der Waals surface area (Å²) in [5, 5.41) is 0. The fourth-order valence-electron chi connectivity index (χ4n) is 3.37. The van der Waals surface area contributed by atoms with Crippen LogP contribution < -0.4 is 0 Å². The molecule has 39 heavy (non-hydrogen) atoms. The second-order valence-corrected chi connectivity index (χ2v) is 12.1. The van der Waals surface area contributed by atoms with Gasteiger partial charge in [-0.15, -0.1) is 0 Å². The Balaban J connectivity index is 1.53. The molecule has 0 aliphatic rings. The van der Waals surface area contributed by atoms with Gasteiger partial charge in [0.05, 0.1) is 26.4 Å². The topological polar surface area (TPSA) is 80.3 Å². The summed E-state index contributed by atoms with van der Waals surface area (Å²) >= 11 is 0. The van der Waals surface area contributed by atoms with Crippen LogP contribution in [0, 0.1) is 0 Å². The second kappa shape index (κ2) is 14.2. The van der Waals surface area contributed by atoms with Gasteiger partial charge in [-0.05, 0) is 28.8 Å². The van der Waals surface area contributed by atoms with Gasteiger partial charge in [-0.1, -0.05) is 121 Å². The minimum atomic E-state index is -4.33. The zero-order valence-corrected chi connectivity index (χ0v) is 23.1. The number of phosphoric acid groups is 1. The van der Waals surface area contributed by atoms with Gasteiger partial charge in [-0.3, -0.25) is 22.7 Å². The Morgan fingerprint density at radius 3 is 1.08 bits per heavy atom. The standard InChI is InChI=1S/C30H30O7P2/c1-26(38(31,33-22-27-14-6-2-7-15-27)34-23-28-16-8-3-9-17-28)37-39(32,35-24-29-18-10-4-11-19-29)36-25-30-20-12-5-13-21-30/h2-21H,1,22-25H2. The molecule has 0 unspecified atom stereocenters. The Hall–Kier alpha value is -3.28. The first kappa shape index (κ1) is 28.7. The number of phosphoric ester groups is 1. The predicted molar refractivity (Wildman–Crippen MR) is 150 cm³/mol. The van der Waals surface area contributed by atoms with Gasteiger partial charge in [0.2, 0.25) is 5.50 Å². The Bertz CT molecular complexity index is 1300. The third-order valence-electron chi connectivity index (χ3n) is 5.47. The molecule has 9 heteroatoms. The largest absolute Gasteiger partial charge is 0.531 e. The highest BCUT2D eigenvalue weighted by atomic mass is 31.2. The third-order valence-corrected chi connectivity index (χ3v) is 8.59. The molecule has 0 aliphatic heterocycles. The van der Waals surface area contributed by atoms with Crippen molar-refractivity contribution in [3.8, 4) is 0 Å². The van der Waals surface area contributed by atoms with Crippen molar-refractivity contribution in [1.82, 2.24) is 0 Å². The summed E-state index contributed by atoms with van der Waals surface area (Å²) in [5.41, 5.74) is 2.55. The van der Waals surface area contributed by atoms with Crippen LogP contribution in [0.15, 0.2) is 133 Å². The molecule has 0 bridgehead atoms. The number of hydrogen-bond acceptors (Lipinski definition) is 7. The van der Waals surface area contributed by atoms with Crippen molar-refractivity contribution in [2.75, 3.05) is 0 Å². The first-order valence-corrected chi connectivity index (χ1v) is 15.3. The Morgan fingerprint density at radius 2 is 0.769 bits per heavy atom. The van der Waals surface area contributed by atoms with Gasteiger partial charge in [0.15, 0.2) is 0 Å². The molecular weight excluding hydrogens is 534 g/mol. The van der Waals surface area contributed by atoms with E-state index >= 15 is 0 Å². The lowest BCUT2D eigenvalue weighted by Crippen LogP contribution is -2.05. The lowest BCUT2D eigenvalue weighted by molar-refractivity contribution is 0.120. The molecule has 0 atom stereocenters. The summed E-state index contributed by atoms with van der Waals surface area (Å²) in [7, 11) is -8.50. The van der Waals surface area contributed by atoms with E-state index < -0.39 is 20.9 Å². The summed E-state index contributed by atoms with van der Waals surface area (Å²) in [5.74, 6) is 0. The average molecular weight is 565 g/mol. The molecule has 7 nitrogen and oxygen atoms in total. The van der Waals surface area contributed by atoms with Gasteiger partial charge in [0, 0.05) is 0 Å². The molecule has 0 aromatic heterocycles. The Kier molecular flexibility index (Phi) is 10.5. The Labute approximate surface area is 229 Å². The van der Waals surface area contributed by atoms with Crippen molar-refractivity contribution in [2.45, 2.75) is 26.4 Å². The zero-order valence-electron chi connectivity index (χ0n) is 21.3. The molecule has 0 fully saturated rings. The molecular formula is C30H30O7P2. The van der Waals surface area contributed by atoms with E-state index in [9.17, 15) is 9.13 Å². The zero-order chi connectivity index (χ0) is 27.4. The van der Waals surface area contributed by atoms with Crippen molar-refractivity contribution in [2.24, 2.45) is 0 Å². The van der Waals surface area contributed by atoms with Crippen LogP contribution in [0.1, 0.15) is 22.3 Å². The lowest BCUT2D eigenvalue weighted by Gasteiger charge is -2.24. The van der Waals surface area contributed by atoms with E-state index in [-0.39, 0.29) is 26.4 Å². The van der Waals surface area contributed by atoms with Gasteiger partial charge >= 0.3 is 15.4 Å². The van der Waals surface area contributed by atoms with Crippen LogP contribution in [-0.4, -0.2) is 0 Å². The fraction of sp³-hybridized carbons (Fsp3) is 0.133. The summed E-state index contributed by atoms with van der Waals surface area (Å²) in [4.78, 5) is 0. The molecule has 4 rings (SSSR count). The van der Waals surface area contributed by atoms with Crippen LogP contribution in [-0.2, 0) is 58.2 Å². The lowest BCUT2D eigenvalue weighted by atomic mass is 10.2. The summed E-state index contributed by atoms with van der Waals surface area (Å²) < 4.78 is 56.2. The second-order valence-electron chi connectivity index (χ2n) is 8.47. The molecule has 0 saturated carbocycles. The molecule has 0 amide bonds. The first-order valence-electron chi connectivity index (χ1n) is 12.3. The third kappa shape index (κ3) is 9.15. The maximum absolute atomic E-state index is 14.0. The minimum absolute atomic E-state index is 0.0463. The molecule has 4 aromatic rings. The van der Waals surface area contributed by atoms with Crippen LogP contribution in [0.5, 0.6) is 0 Å². The minimum Gasteiger partial charge on any atom is -0.396 e. The normalized spacial score (nSPS) is 11.7. The van der Waals surface area contributed by atoms with Gasteiger partial charge < -0.3 is 4.52 Å². The average Bonchev–Trinajstić information content (AvgIpc) is 2.99. The van der Waals surface area contributed by atoms with Crippen LogP contribution in [0.2, 0.25) is 0 Å². The van der Waals surface area contributed by atoms with Crippen LogP contribution in [0.3, 0.4) is 0 Å². The maximum atomic E-state index is 14.0. The van der Waals surface area contributed by atoms with Crippen LogP contribution >= 0.6 is 15.4 Å². The highest BCUT2D eigenvalue weighted by Crippen LogP contribution is 2.64. The first-order chi connectivity index (χ1) is 18.9. The van der Waals surface area contributed by atoms with Gasteiger partial charge in [-0.2, -0.15) is 0 Å². The van der Waals surface area contributed by atoms with Crippen LogP contribution in [0.4, 0.5) is 0 Å². The SMILES string of the molecule is C=C(OP(=O)(OCc1ccccc1)OCc1ccccc1)P(=O)(OCc1ccccc1)OCc1ccccc1. The van der Waals surface area contributed by atoms with E-state index in [0.717, 1.165) is 22.3 Å². The number of benzene rings is 4. The van der Waals surface area contributed by atoms with Gasteiger partial charge in [0.25, 0.3) is 0 Å². The van der Waals surface area contributed by atoms with Crippen LogP contribution in [0.25, 0.3) is 0 Å². The summed E-state index contributed by atoms with van der Waals surface area (Å²) in [6.45, 7) is 3.55. The smallest absolute Gasteiger partial charge is 0.396 e. The van der Waals surface area contributed by atoms with E-state index in [1.165, 1.54) is 0 Å².